The van der Waals surface area contributed by atoms with Crippen LogP contribution in [0.4, 0.5) is 11.4 Å². The zero-order chi connectivity index (χ0) is 19.4. The molecule has 0 saturated heterocycles. The minimum absolute atomic E-state index is 0.129. The molecule has 0 atom stereocenters. The van der Waals surface area contributed by atoms with Crippen LogP contribution in [0.3, 0.4) is 0 Å². The molecule has 0 spiro atoms. The summed E-state index contributed by atoms with van der Waals surface area (Å²) in [6.45, 7) is 0.100. The van der Waals surface area contributed by atoms with Crippen LogP contribution in [0.2, 0.25) is 0 Å². The summed E-state index contributed by atoms with van der Waals surface area (Å²) >= 11 is 0. The smallest absolute Gasteiger partial charge is 0.326 e. The second-order valence-corrected chi connectivity index (χ2v) is 7.71. The van der Waals surface area contributed by atoms with Crippen molar-refractivity contribution in [3.8, 4) is 11.5 Å². The Morgan fingerprint density at radius 1 is 1.04 bits per heavy atom. The quantitative estimate of drug-likeness (QED) is 0.771. The van der Waals surface area contributed by atoms with Crippen LogP contribution in [0.15, 0.2) is 48.5 Å². The molecule has 1 aliphatic heterocycles. The molecule has 9 heteroatoms. The van der Waals surface area contributed by atoms with Crippen molar-refractivity contribution >= 4 is 27.5 Å². The summed E-state index contributed by atoms with van der Waals surface area (Å²) in [6, 6.07) is 14.1. The number of nitrogens with one attached hydrogen (secondary N) is 1. The molecule has 0 unspecified atom stereocenters. The fourth-order valence-electron chi connectivity index (χ4n) is 2.80. The molecule has 0 aliphatic carbocycles. The van der Waals surface area contributed by atoms with Gasteiger partial charge in [0.2, 0.25) is 0 Å². The fourth-order valence-corrected chi connectivity index (χ4v) is 4.23. The van der Waals surface area contributed by atoms with Gasteiger partial charge >= 0.3 is 10.2 Å². The predicted octanol–water partition coefficient (Wildman–Crippen LogP) is 1.39. The van der Waals surface area contributed by atoms with Crippen molar-refractivity contribution in [2.24, 2.45) is 0 Å². The van der Waals surface area contributed by atoms with Gasteiger partial charge in [-0.25, -0.2) is 4.31 Å². The third-order valence-corrected chi connectivity index (χ3v) is 6.00. The number of anilines is 2. The number of carbonyl (C=O) groups is 1. The van der Waals surface area contributed by atoms with Gasteiger partial charge in [-0.3, -0.25) is 9.10 Å². The standard InChI is InChI=1S/C18H21N3O5S/c1-20-14-7-3-4-8-15(14)21(27(20,23)24)12-11-19-18(22)13-26-17-10-6-5-9-16(17)25-2/h3-10H,11-13H2,1-2H3,(H,19,22). The molecule has 2 aromatic rings. The van der Waals surface area contributed by atoms with E-state index in [2.05, 4.69) is 5.32 Å². The molecule has 2 aromatic carbocycles. The van der Waals surface area contributed by atoms with Crippen LogP contribution in [0, 0.1) is 0 Å². The monoisotopic (exact) mass is 391 g/mol. The van der Waals surface area contributed by atoms with Crippen molar-refractivity contribution in [1.82, 2.24) is 5.32 Å². The average molecular weight is 391 g/mol. The number of ether oxygens (including phenoxy) is 2. The van der Waals surface area contributed by atoms with E-state index < -0.39 is 10.2 Å². The highest BCUT2D eigenvalue weighted by Gasteiger charge is 2.37. The number of methoxy groups -OCH3 is 1. The zero-order valence-corrected chi connectivity index (χ0v) is 15.9. The van der Waals surface area contributed by atoms with E-state index in [4.69, 9.17) is 9.47 Å². The third kappa shape index (κ3) is 3.77. The van der Waals surface area contributed by atoms with E-state index in [9.17, 15) is 13.2 Å². The van der Waals surface area contributed by atoms with E-state index in [0.717, 1.165) is 0 Å². The van der Waals surface area contributed by atoms with E-state index in [1.165, 1.54) is 22.8 Å². The number of amides is 1. The van der Waals surface area contributed by atoms with Crippen LogP contribution in [0.25, 0.3) is 0 Å². The molecular formula is C18H21N3O5S. The van der Waals surface area contributed by atoms with Crippen LogP contribution in [-0.4, -0.2) is 48.2 Å². The maximum absolute atomic E-state index is 12.5. The van der Waals surface area contributed by atoms with Gasteiger partial charge in [-0.1, -0.05) is 24.3 Å². The first-order chi connectivity index (χ1) is 12.9. The average Bonchev–Trinajstić information content (AvgIpc) is 2.87. The molecule has 1 amide bonds. The normalized spacial score (nSPS) is 14.6. The summed E-state index contributed by atoms with van der Waals surface area (Å²) in [5.74, 6) is 0.653. The first-order valence-electron chi connectivity index (χ1n) is 8.33. The topological polar surface area (TPSA) is 88.2 Å². The fraction of sp³-hybridized carbons (Fsp3) is 0.278. The second-order valence-electron chi connectivity index (χ2n) is 5.83. The van der Waals surface area contributed by atoms with Gasteiger partial charge in [-0.2, -0.15) is 8.42 Å². The Balaban J connectivity index is 1.54. The SMILES string of the molecule is COc1ccccc1OCC(=O)NCCN1c2ccccc2N(C)S1(=O)=O. The summed E-state index contributed by atoms with van der Waals surface area (Å²) in [7, 11) is -0.590. The number of hydrogen-bond acceptors (Lipinski definition) is 5. The van der Waals surface area contributed by atoms with Crippen LogP contribution in [0.1, 0.15) is 0 Å². The molecule has 1 aliphatic rings. The molecule has 0 fully saturated rings. The number of carbonyl (C=O) groups excluding carboxylic acids is 1. The number of rotatable bonds is 7. The molecule has 0 aromatic heterocycles. The number of hydrogen-bond donors (Lipinski definition) is 1. The maximum Gasteiger partial charge on any atom is 0.326 e. The van der Waals surface area contributed by atoms with E-state index in [-0.39, 0.29) is 25.6 Å². The van der Waals surface area contributed by atoms with Crippen LogP contribution in [0.5, 0.6) is 11.5 Å². The highest BCUT2D eigenvalue weighted by molar-refractivity contribution is 7.94. The lowest BCUT2D eigenvalue weighted by molar-refractivity contribution is -0.123. The minimum atomic E-state index is -3.62. The predicted molar refractivity (Wildman–Crippen MR) is 103 cm³/mol. The highest BCUT2D eigenvalue weighted by atomic mass is 32.2. The van der Waals surface area contributed by atoms with Crippen LogP contribution in [-0.2, 0) is 15.0 Å². The maximum atomic E-state index is 12.5. The summed E-state index contributed by atoms with van der Waals surface area (Å²) in [6.07, 6.45) is 0. The van der Waals surface area contributed by atoms with Crippen LogP contribution < -0.4 is 23.4 Å². The molecule has 3 rings (SSSR count). The Morgan fingerprint density at radius 2 is 1.67 bits per heavy atom. The van der Waals surface area contributed by atoms with Gasteiger partial charge in [0.15, 0.2) is 18.1 Å². The minimum Gasteiger partial charge on any atom is -0.493 e. The summed E-state index contributed by atoms with van der Waals surface area (Å²) in [5.41, 5.74) is 1.21. The summed E-state index contributed by atoms with van der Waals surface area (Å²) in [5, 5.41) is 2.67. The zero-order valence-electron chi connectivity index (χ0n) is 15.1. The highest BCUT2D eigenvalue weighted by Crippen LogP contribution is 2.38. The summed E-state index contributed by atoms with van der Waals surface area (Å²) in [4.78, 5) is 12.0. The first-order valence-corrected chi connectivity index (χ1v) is 9.73. The summed E-state index contributed by atoms with van der Waals surface area (Å²) < 4.78 is 38.1. The van der Waals surface area contributed by atoms with Gasteiger partial charge < -0.3 is 14.8 Å². The van der Waals surface area contributed by atoms with E-state index >= 15 is 0 Å². The molecule has 144 valence electrons. The van der Waals surface area contributed by atoms with E-state index in [1.807, 2.05) is 0 Å². The molecular weight excluding hydrogens is 370 g/mol. The van der Waals surface area contributed by atoms with E-state index in [1.54, 1.807) is 48.5 Å². The van der Waals surface area contributed by atoms with Gasteiger partial charge in [0.05, 0.1) is 25.0 Å². The van der Waals surface area contributed by atoms with Crippen molar-refractivity contribution in [3.63, 3.8) is 0 Å². The van der Waals surface area contributed by atoms with Crippen molar-refractivity contribution < 1.29 is 22.7 Å². The molecule has 8 nitrogen and oxygen atoms in total. The Bertz CT molecular complexity index is 932. The molecule has 27 heavy (non-hydrogen) atoms. The molecule has 0 saturated carbocycles. The van der Waals surface area contributed by atoms with Gasteiger partial charge in [-0.05, 0) is 24.3 Å². The van der Waals surface area contributed by atoms with Gasteiger partial charge in [0.25, 0.3) is 5.91 Å². The van der Waals surface area contributed by atoms with Crippen molar-refractivity contribution in [2.75, 3.05) is 42.5 Å². The Kier molecular flexibility index (Phi) is 5.41. The van der Waals surface area contributed by atoms with Gasteiger partial charge in [0.1, 0.15) is 0 Å². The Morgan fingerprint density at radius 3 is 2.37 bits per heavy atom. The van der Waals surface area contributed by atoms with Gasteiger partial charge in [-0.15, -0.1) is 0 Å². The second kappa shape index (κ2) is 7.75. The lowest BCUT2D eigenvalue weighted by Gasteiger charge is -2.19. The van der Waals surface area contributed by atoms with E-state index in [0.29, 0.717) is 22.9 Å². The van der Waals surface area contributed by atoms with Crippen molar-refractivity contribution in [2.45, 2.75) is 0 Å². The molecule has 0 bridgehead atoms. The van der Waals surface area contributed by atoms with Crippen molar-refractivity contribution in [3.05, 3.63) is 48.5 Å². The lowest BCUT2D eigenvalue weighted by atomic mass is 10.2. The Labute approximate surface area is 158 Å². The van der Waals surface area contributed by atoms with Crippen molar-refractivity contribution in [1.29, 1.82) is 0 Å². The molecule has 1 N–H and O–H groups in total. The molecule has 0 radical (unpaired) electrons. The third-order valence-electron chi connectivity index (χ3n) is 4.18. The lowest BCUT2D eigenvalue weighted by Crippen LogP contribution is -2.41. The molecule has 1 heterocycles. The Hall–Kier alpha value is -2.94. The van der Waals surface area contributed by atoms with Gasteiger partial charge in [0, 0.05) is 13.6 Å². The number of nitrogens with zero attached hydrogens (tertiary/aromatic N) is 2. The number of para-hydroxylation sites is 4. The number of fused-ring (bicyclic) bond motifs is 1. The first kappa shape index (κ1) is 18.8. The largest absolute Gasteiger partial charge is 0.493 e. The van der Waals surface area contributed by atoms with Crippen LogP contribution >= 0.6 is 0 Å². The number of benzene rings is 2.